The van der Waals surface area contributed by atoms with Gasteiger partial charge < -0.3 is 14.7 Å². The molecule has 0 spiro atoms. The lowest BCUT2D eigenvalue weighted by atomic mass is 10.2. The molecule has 5 nitrogen and oxygen atoms in total. The van der Waals surface area contributed by atoms with Gasteiger partial charge in [0.2, 0.25) is 0 Å². The highest BCUT2D eigenvalue weighted by Gasteiger charge is 2.10. The van der Waals surface area contributed by atoms with Gasteiger partial charge in [-0.3, -0.25) is 4.79 Å². The highest BCUT2D eigenvalue weighted by atomic mass is 35.5. The predicted molar refractivity (Wildman–Crippen MR) is 105 cm³/mol. The van der Waals surface area contributed by atoms with Gasteiger partial charge in [-0.05, 0) is 18.2 Å². The van der Waals surface area contributed by atoms with Crippen molar-refractivity contribution in [2.75, 3.05) is 7.11 Å². The molecule has 0 saturated carbocycles. The van der Waals surface area contributed by atoms with Crippen LogP contribution in [0.4, 0.5) is 0 Å². The molecule has 134 valence electrons. The summed E-state index contributed by atoms with van der Waals surface area (Å²) >= 11 is 12.3. The minimum absolute atomic E-state index is 0.146. The lowest BCUT2D eigenvalue weighted by molar-refractivity contribution is -0.141. The topological polar surface area (TPSA) is 55.6 Å². The van der Waals surface area contributed by atoms with Crippen molar-refractivity contribution in [2.45, 2.75) is 13.1 Å². The molecular formula is C19H17Cl2N3O2. The summed E-state index contributed by atoms with van der Waals surface area (Å²) in [5, 5.41) is 6.44. The average molecular weight is 390 g/mol. The maximum absolute atomic E-state index is 11.6. The number of rotatable bonds is 6. The summed E-state index contributed by atoms with van der Waals surface area (Å²) in [6, 6.07) is 13.2. The van der Waals surface area contributed by atoms with Gasteiger partial charge in [0.1, 0.15) is 6.54 Å². The second-order valence-corrected chi connectivity index (χ2v) is 6.41. The van der Waals surface area contributed by atoms with Gasteiger partial charge in [-0.25, -0.2) is 0 Å². The Morgan fingerprint density at radius 2 is 1.92 bits per heavy atom. The third kappa shape index (κ3) is 4.00. The predicted octanol–water partition coefficient (Wildman–Crippen LogP) is 4.24. The SMILES string of the molecule is COC(=O)Cn1cc(/C=N\NCc2c(Cl)cccc2Cl)c2ccccc21. The Morgan fingerprint density at radius 3 is 2.65 bits per heavy atom. The van der Waals surface area contributed by atoms with E-state index in [2.05, 4.69) is 10.5 Å². The van der Waals surface area contributed by atoms with E-state index in [1.165, 1.54) is 7.11 Å². The van der Waals surface area contributed by atoms with E-state index >= 15 is 0 Å². The van der Waals surface area contributed by atoms with E-state index in [4.69, 9.17) is 27.9 Å². The van der Waals surface area contributed by atoms with Crippen molar-refractivity contribution in [1.82, 2.24) is 9.99 Å². The molecule has 0 fully saturated rings. The number of hydrogen-bond acceptors (Lipinski definition) is 4. The number of nitrogens with one attached hydrogen (secondary N) is 1. The van der Waals surface area contributed by atoms with Crippen LogP contribution in [0.25, 0.3) is 10.9 Å². The first-order valence-corrected chi connectivity index (χ1v) is 8.69. The minimum Gasteiger partial charge on any atom is -0.468 e. The fourth-order valence-corrected chi connectivity index (χ4v) is 3.18. The van der Waals surface area contributed by atoms with Crippen molar-refractivity contribution < 1.29 is 9.53 Å². The third-order valence-electron chi connectivity index (χ3n) is 3.96. The van der Waals surface area contributed by atoms with Crippen molar-refractivity contribution in [3.63, 3.8) is 0 Å². The monoisotopic (exact) mass is 389 g/mol. The van der Waals surface area contributed by atoms with Gasteiger partial charge >= 0.3 is 5.97 Å². The summed E-state index contributed by atoms with van der Waals surface area (Å²) < 4.78 is 6.59. The number of ether oxygens (including phenoxy) is 1. The number of carbonyl (C=O) groups is 1. The van der Waals surface area contributed by atoms with Crippen LogP contribution in [0.1, 0.15) is 11.1 Å². The molecule has 26 heavy (non-hydrogen) atoms. The highest BCUT2D eigenvalue weighted by molar-refractivity contribution is 6.35. The summed E-state index contributed by atoms with van der Waals surface area (Å²) in [6.45, 7) is 0.559. The zero-order valence-corrected chi connectivity index (χ0v) is 15.6. The number of nitrogens with zero attached hydrogens (tertiary/aromatic N) is 2. The largest absolute Gasteiger partial charge is 0.468 e. The number of hydrogen-bond donors (Lipinski definition) is 1. The van der Waals surface area contributed by atoms with Crippen LogP contribution in [0.2, 0.25) is 10.0 Å². The first-order valence-electron chi connectivity index (χ1n) is 7.93. The molecule has 2 aromatic carbocycles. The van der Waals surface area contributed by atoms with E-state index in [1.54, 1.807) is 24.4 Å². The van der Waals surface area contributed by atoms with Crippen molar-refractivity contribution in [2.24, 2.45) is 5.10 Å². The summed E-state index contributed by atoms with van der Waals surface area (Å²) in [4.78, 5) is 11.6. The van der Waals surface area contributed by atoms with Gasteiger partial charge in [0.05, 0.1) is 19.9 Å². The number of methoxy groups -OCH3 is 1. The number of esters is 1. The second-order valence-electron chi connectivity index (χ2n) is 5.60. The Kier molecular flexibility index (Phi) is 5.81. The number of halogens is 2. The van der Waals surface area contributed by atoms with Crippen LogP contribution in [0, 0.1) is 0 Å². The maximum atomic E-state index is 11.6. The number of benzene rings is 2. The van der Waals surface area contributed by atoms with Crippen LogP contribution in [-0.4, -0.2) is 23.9 Å². The van der Waals surface area contributed by atoms with Crippen LogP contribution in [-0.2, 0) is 22.6 Å². The molecule has 0 atom stereocenters. The van der Waals surface area contributed by atoms with Gasteiger partial charge in [-0.1, -0.05) is 47.5 Å². The van der Waals surface area contributed by atoms with E-state index in [9.17, 15) is 4.79 Å². The van der Waals surface area contributed by atoms with Gasteiger partial charge in [-0.2, -0.15) is 5.10 Å². The van der Waals surface area contributed by atoms with Crippen molar-refractivity contribution in [3.8, 4) is 0 Å². The summed E-state index contributed by atoms with van der Waals surface area (Å²) in [5.41, 5.74) is 5.58. The van der Waals surface area contributed by atoms with Crippen LogP contribution in [0.5, 0.6) is 0 Å². The Hall–Kier alpha value is -2.50. The van der Waals surface area contributed by atoms with Crippen molar-refractivity contribution in [3.05, 3.63) is 69.8 Å². The minimum atomic E-state index is -0.305. The molecule has 0 bridgehead atoms. The molecule has 0 amide bonds. The van der Waals surface area contributed by atoms with Crippen LogP contribution >= 0.6 is 23.2 Å². The number of carbonyl (C=O) groups excluding carboxylic acids is 1. The fourth-order valence-electron chi connectivity index (χ4n) is 2.65. The fraction of sp³-hybridized carbons (Fsp3) is 0.158. The van der Waals surface area contributed by atoms with E-state index in [-0.39, 0.29) is 12.5 Å². The quantitative estimate of drug-likeness (QED) is 0.389. The highest BCUT2D eigenvalue weighted by Crippen LogP contribution is 2.24. The molecule has 1 N–H and O–H groups in total. The summed E-state index contributed by atoms with van der Waals surface area (Å²) in [7, 11) is 1.38. The van der Waals surface area contributed by atoms with Gasteiger partial charge in [0.15, 0.2) is 0 Å². The Balaban J connectivity index is 1.78. The molecule has 0 aliphatic rings. The zero-order chi connectivity index (χ0) is 18.5. The summed E-state index contributed by atoms with van der Waals surface area (Å²) in [6.07, 6.45) is 3.58. The zero-order valence-electron chi connectivity index (χ0n) is 14.1. The maximum Gasteiger partial charge on any atom is 0.325 e. The first-order chi connectivity index (χ1) is 12.6. The second kappa shape index (κ2) is 8.25. The molecule has 1 aromatic heterocycles. The van der Waals surface area contributed by atoms with Gasteiger partial charge in [0, 0.05) is 38.3 Å². The first kappa shape index (κ1) is 18.3. The molecule has 3 aromatic rings. The van der Waals surface area contributed by atoms with Crippen molar-refractivity contribution in [1.29, 1.82) is 0 Å². The van der Waals surface area contributed by atoms with Gasteiger partial charge in [-0.15, -0.1) is 0 Å². The van der Waals surface area contributed by atoms with Gasteiger partial charge in [0.25, 0.3) is 0 Å². The van der Waals surface area contributed by atoms with Crippen LogP contribution in [0.15, 0.2) is 53.8 Å². The van der Waals surface area contributed by atoms with E-state index in [0.29, 0.717) is 16.6 Å². The van der Waals surface area contributed by atoms with E-state index in [1.807, 2.05) is 35.0 Å². The normalized spacial score (nSPS) is 11.2. The van der Waals surface area contributed by atoms with Crippen LogP contribution < -0.4 is 5.43 Å². The van der Waals surface area contributed by atoms with E-state index < -0.39 is 0 Å². The average Bonchev–Trinajstić information content (AvgIpc) is 2.98. The van der Waals surface area contributed by atoms with Crippen LogP contribution in [0.3, 0.4) is 0 Å². The number of hydrazone groups is 1. The molecule has 0 aliphatic carbocycles. The standard InChI is InChI=1S/C19H17Cl2N3O2/c1-26-19(25)12-24-11-13(14-5-2-3-8-18(14)24)9-22-23-10-15-16(20)6-4-7-17(15)21/h2-9,11,23H,10,12H2,1H3/b22-9-. The molecular weight excluding hydrogens is 373 g/mol. The Bertz CT molecular complexity index is 946. The third-order valence-corrected chi connectivity index (χ3v) is 4.67. The smallest absolute Gasteiger partial charge is 0.325 e. The molecule has 0 radical (unpaired) electrons. The molecule has 0 saturated heterocycles. The number of para-hydroxylation sites is 1. The summed E-state index contributed by atoms with van der Waals surface area (Å²) in [5.74, 6) is -0.305. The molecule has 7 heteroatoms. The Morgan fingerprint density at radius 1 is 1.19 bits per heavy atom. The number of fused-ring (bicyclic) bond motifs is 1. The lowest BCUT2D eigenvalue weighted by Crippen LogP contribution is -2.10. The van der Waals surface area contributed by atoms with Crippen molar-refractivity contribution >= 4 is 46.3 Å². The molecule has 0 aliphatic heterocycles. The van der Waals surface area contributed by atoms with E-state index in [0.717, 1.165) is 22.0 Å². The number of aromatic nitrogens is 1. The molecule has 1 heterocycles. The molecule has 3 rings (SSSR count). The lowest BCUT2D eigenvalue weighted by Gasteiger charge is -2.05. The molecule has 0 unspecified atom stereocenters. The Labute approximate surface area is 161 Å².